The van der Waals surface area contributed by atoms with E-state index in [1.165, 1.54) is 24.3 Å². The second-order valence-electron chi connectivity index (χ2n) is 16.0. The molecule has 8 aromatic rings. The van der Waals surface area contributed by atoms with Gasteiger partial charge in [0.1, 0.15) is 12.5 Å². The van der Waals surface area contributed by atoms with Crippen LogP contribution in [0.5, 0.6) is 0 Å². The Morgan fingerprint density at radius 2 is 1.14 bits per heavy atom. The maximum absolute atomic E-state index is 12.8. The minimum absolute atomic E-state index is 0.170. The van der Waals surface area contributed by atoms with Crippen molar-refractivity contribution >= 4 is 35.0 Å². The number of hydrogen-bond acceptors (Lipinski definition) is 13. The molecule has 0 aliphatic heterocycles. The zero-order chi connectivity index (χ0) is 47.8. The summed E-state index contributed by atoms with van der Waals surface area (Å²) >= 11 is 11.8. The zero-order valence-electron chi connectivity index (χ0n) is 36.1. The summed E-state index contributed by atoms with van der Waals surface area (Å²) in [5.74, 6) is -0.921. The first-order valence-electron chi connectivity index (χ1n) is 20.0. The third-order valence-electron chi connectivity index (χ3n) is 10.1. The van der Waals surface area contributed by atoms with Crippen LogP contribution in [-0.4, -0.2) is 53.7 Å². The highest BCUT2D eigenvalue weighted by Crippen LogP contribution is 2.33. The quantitative estimate of drug-likeness (QED) is 0.109. The molecule has 0 amide bonds. The van der Waals surface area contributed by atoms with Crippen molar-refractivity contribution in [1.82, 2.24) is 30.2 Å². The number of ketones is 1. The summed E-state index contributed by atoms with van der Waals surface area (Å²) in [4.78, 5) is 40.0. The number of benzene rings is 4. The number of carboxylic acid groups (broad SMARTS) is 1. The van der Waals surface area contributed by atoms with Crippen LogP contribution in [0.3, 0.4) is 0 Å². The molecular formula is C47H42Cl2F3N7O7. The Morgan fingerprint density at radius 1 is 0.652 bits per heavy atom. The van der Waals surface area contributed by atoms with Gasteiger partial charge in [-0.1, -0.05) is 91.5 Å². The van der Waals surface area contributed by atoms with E-state index < -0.39 is 23.5 Å². The van der Waals surface area contributed by atoms with Crippen LogP contribution in [0.4, 0.5) is 13.2 Å². The number of nitrogens with two attached hydrogens (primary N) is 1. The normalized spacial score (nSPS) is 11.6. The number of carboxylic acids is 1. The van der Waals surface area contributed by atoms with Gasteiger partial charge in [-0.25, -0.2) is 14.8 Å². The standard InChI is InChI=1S/C24H19ClF3N3O3.C13H15ClN2O.C10H8N2O3/c1-23(2,19-13-33-21(29-19)14-6-8-17(25)9-7-14)11-10-18(32)15-4-3-5-16(12-15)20-30-22(34-31-20)24(26,27)28;1-13(2,8-15)11-7-17-12(16-11)9-3-5-10(14)6-4-9;1-6-11-9(12-15-6)7-3-2-4-8(5-7)10(13)14/h3-9,12-13H,10-11H2,1-2H3;3-7H,8,15H2,1-2H3;2-5H,1H3,(H,13,14). The predicted octanol–water partition coefficient (Wildman–Crippen LogP) is 12.0. The molecule has 0 spiro atoms. The molecule has 0 aliphatic rings. The summed E-state index contributed by atoms with van der Waals surface area (Å²) in [6.45, 7) is 10.2. The molecule has 4 aromatic heterocycles. The van der Waals surface area contributed by atoms with Gasteiger partial charge in [0.15, 0.2) is 5.78 Å². The summed E-state index contributed by atoms with van der Waals surface area (Å²) in [5, 5.41) is 17.2. The van der Waals surface area contributed by atoms with Gasteiger partial charge in [-0.15, -0.1) is 0 Å². The van der Waals surface area contributed by atoms with Crippen LogP contribution in [-0.2, 0) is 17.0 Å². The van der Waals surface area contributed by atoms with Crippen LogP contribution in [0.15, 0.2) is 127 Å². The van der Waals surface area contributed by atoms with E-state index in [1.807, 2.05) is 64.1 Å². The first kappa shape index (κ1) is 48.5. The number of hydrogen-bond donors (Lipinski definition) is 2. The molecule has 14 nitrogen and oxygen atoms in total. The fourth-order valence-corrected chi connectivity index (χ4v) is 6.17. The van der Waals surface area contributed by atoms with Gasteiger partial charge in [0, 0.05) is 68.6 Å². The number of aryl methyl sites for hydroxylation is 1. The molecule has 0 atom stereocenters. The maximum Gasteiger partial charge on any atom is 0.471 e. The summed E-state index contributed by atoms with van der Waals surface area (Å²) in [5.41, 5.74) is 9.77. The number of Topliss-reactive ketones (excluding diaryl/α,β-unsaturated/α-hetero) is 1. The van der Waals surface area contributed by atoms with Crippen molar-refractivity contribution in [3.05, 3.63) is 154 Å². The van der Waals surface area contributed by atoms with Gasteiger partial charge >= 0.3 is 18.0 Å². The second kappa shape index (κ2) is 20.5. The highest BCUT2D eigenvalue weighted by molar-refractivity contribution is 6.30. The highest BCUT2D eigenvalue weighted by Gasteiger charge is 2.38. The predicted molar refractivity (Wildman–Crippen MR) is 239 cm³/mol. The van der Waals surface area contributed by atoms with Crippen molar-refractivity contribution in [3.63, 3.8) is 0 Å². The lowest BCUT2D eigenvalue weighted by Gasteiger charge is -2.21. The smallest absolute Gasteiger partial charge is 0.471 e. The summed E-state index contributed by atoms with van der Waals surface area (Å²) in [6.07, 6.45) is -0.832. The van der Waals surface area contributed by atoms with Gasteiger partial charge in [0.2, 0.25) is 29.3 Å². The molecule has 0 radical (unpaired) electrons. The molecule has 8 rings (SSSR count). The lowest BCUT2D eigenvalue weighted by atomic mass is 9.83. The topological polar surface area (TPSA) is 210 Å². The van der Waals surface area contributed by atoms with Crippen LogP contribution in [0.2, 0.25) is 10.0 Å². The Balaban J connectivity index is 0.000000186. The molecule has 0 saturated heterocycles. The number of rotatable bonds is 12. The molecule has 0 fully saturated rings. The third kappa shape index (κ3) is 12.4. The fourth-order valence-electron chi connectivity index (χ4n) is 5.92. The summed E-state index contributed by atoms with van der Waals surface area (Å²) < 4.78 is 58.3. The van der Waals surface area contributed by atoms with Crippen LogP contribution >= 0.6 is 23.2 Å². The van der Waals surface area contributed by atoms with Crippen LogP contribution in [0.25, 0.3) is 45.7 Å². The van der Waals surface area contributed by atoms with Gasteiger partial charge in [0.25, 0.3) is 0 Å². The minimum Gasteiger partial charge on any atom is -0.478 e. The van der Waals surface area contributed by atoms with E-state index in [1.54, 1.807) is 55.8 Å². The number of carbonyl (C=O) groups excluding carboxylic acids is 1. The first-order valence-corrected chi connectivity index (χ1v) is 20.8. The van der Waals surface area contributed by atoms with E-state index in [2.05, 4.69) is 34.8 Å². The van der Waals surface area contributed by atoms with E-state index in [0.717, 1.165) is 16.8 Å². The molecule has 4 heterocycles. The number of nitrogens with zero attached hydrogens (tertiary/aromatic N) is 6. The second-order valence-corrected chi connectivity index (χ2v) is 16.9. The molecular weight excluding hydrogens is 902 g/mol. The van der Waals surface area contributed by atoms with E-state index in [0.29, 0.717) is 63.3 Å². The zero-order valence-corrected chi connectivity index (χ0v) is 37.6. The summed E-state index contributed by atoms with van der Waals surface area (Å²) in [7, 11) is 0. The van der Waals surface area contributed by atoms with E-state index in [9.17, 15) is 22.8 Å². The monoisotopic (exact) mass is 943 g/mol. The number of aromatic carboxylic acids is 1. The Labute approximate surface area is 386 Å². The molecule has 19 heteroatoms. The Morgan fingerprint density at radius 3 is 1.61 bits per heavy atom. The number of aromatic nitrogens is 6. The van der Waals surface area contributed by atoms with Crippen molar-refractivity contribution in [2.75, 3.05) is 6.54 Å². The fraction of sp³-hybridized carbons (Fsp3) is 0.234. The van der Waals surface area contributed by atoms with Crippen LogP contribution < -0.4 is 5.73 Å². The van der Waals surface area contributed by atoms with Crippen molar-refractivity contribution in [1.29, 1.82) is 0 Å². The Bertz CT molecular complexity index is 2910. The van der Waals surface area contributed by atoms with Crippen LogP contribution in [0, 0.1) is 6.92 Å². The first-order chi connectivity index (χ1) is 31.2. The minimum atomic E-state index is -4.74. The van der Waals surface area contributed by atoms with Crippen molar-refractivity contribution in [2.45, 2.75) is 64.5 Å². The van der Waals surface area contributed by atoms with Crippen molar-refractivity contribution in [3.8, 4) is 45.7 Å². The Kier molecular flexibility index (Phi) is 15.1. The molecule has 0 aliphatic carbocycles. The van der Waals surface area contributed by atoms with Gasteiger partial charge in [-0.2, -0.15) is 23.1 Å². The number of oxazole rings is 2. The Hall–Kier alpha value is -6.95. The largest absolute Gasteiger partial charge is 0.478 e. The number of carbonyl (C=O) groups is 2. The van der Waals surface area contributed by atoms with Gasteiger partial charge in [0.05, 0.1) is 17.0 Å². The van der Waals surface area contributed by atoms with Gasteiger partial charge < -0.3 is 28.7 Å². The lowest BCUT2D eigenvalue weighted by Crippen LogP contribution is -2.28. The van der Waals surface area contributed by atoms with Gasteiger partial charge in [-0.05, 0) is 73.2 Å². The average molecular weight is 945 g/mol. The third-order valence-corrected chi connectivity index (χ3v) is 10.6. The SMILES string of the molecule is CC(C)(CCC(=O)c1cccc(-c2noc(C(F)(F)F)n2)c1)c1coc(-c2ccc(Cl)cc2)n1.CC(C)(CN)c1coc(-c2ccc(Cl)cc2)n1.Cc1nc(-c2cccc(C(=O)O)c2)no1. The van der Waals surface area contributed by atoms with Crippen molar-refractivity contribution in [2.24, 2.45) is 5.73 Å². The average Bonchev–Trinajstić information content (AvgIpc) is 4.15. The molecule has 0 saturated carbocycles. The molecule has 0 unspecified atom stereocenters. The van der Waals surface area contributed by atoms with Crippen molar-refractivity contribution < 1.29 is 45.7 Å². The highest BCUT2D eigenvalue weighted by atomic mass is 35.5. The number of alkyl halides is 3. The number of halogens is 5. The van der Waals surface area contributed by atoms with E-state index >= 15 is 0 Å². The lowest BCUT2D eigenvalue weighted by molar-refractivity contribution is -0.159. The van der Waals surface area contributed by atoms with E-state index in [4.69, 9.17) is 47.4 Å². The summed E-state index contributed by atoms with van der Waals surface area (Å²) in [6, 6.07) is 27.0. The molecule has 3 N–H and O–H groups in total. The molecule has 342 valence electrons. The molecule has 0 bridgehead atoms. The van der Waals surface area contributed by atoms with E-state index in [-0.39, 0.29) is 34.6 Å². The molecule has 66 heavy (non-hydrogen) atoms. The maximum atomic E-state index is 12.8. The molecule has 4 aromatic carbocycles. The van der Waals surface area contributed by atoms with Crippen LogP contribution in [0.1, 0.15) is 84.4 Å². The van der Waals surface area contributed by atoms with Gasteiger partial charge in [-0.3, -0.25) is 4.79 Å².